The van der Waals surface area contributed by atoms with Crippen molar-refractivity contribution in [3.05, 3.63) is 46.5 Å². The zero-order chi connectivity index (χ0) is 18.0. The van der Waals surface area contributed by atoms with Crippen molar-refractivity contribution >= 4 is 0 Å². The Balaban J connectivity index is 2.27. The molecule has 0 aliphatic carbocycles. The van der Waals surface area contributed by atoms with E-state index in [0.717, 1.165) is 29.7 Å². The van der Waals surface area contributed by atoms with E-state index in [2.05, 4.69) is 23.2 Å². The number of nitrogens with zero attached hydrogens (tertiary/aromatic N) is 2. The maximum Gasteiger partial charge on any atom is 0.244 e. The minimum atomic E-state index is -0.431. The molecule has 0 radical (unpaired) electrons. The molecule has 130 valence electrons. The first kappa shape index (κ1) is 16.7. The lowest BCUT2D eigenvalue weighted by Gasteiger charge is -2.26. The normalized spacial score (nSPS) is 16.0. The lowest BCUT2D eigenvalue weighted by Crippen LogP contribution is -2.21. The fourth-order valence-corrected chi connectivity index (χ4v) is 3.20. The molecule has 25 heavy (non-hydrogen) atoms. The summed E-state index contributed by atoms with van der Waals surface area (Å²) in [6.45, 7) is 2.08. The molecule has 0 fully saturated rings. The molecule has 1 unspecified atom stereocenters. The van der Waals surface area contributed by atoms with E-state index < -0.39 is 5.92 Å². The number of benzene rings is 1. The molecule has 3 rings (SSSR count). The smallest absolute Gasteiger partial charge is 0.244 e. The highest BCUT2D eigenvalue weighted by molar-refractivity contribution is 5.60. The minimum Gasteiger partial charge on any atom is -0.493 e. The van der Waals surface area contributed by atoms with Gasteiger partial charge >= 0.3 is 0 Å². The van der Waals surface area contributed by atoms with Crippen LogP contribution in [0, 0.1) is 11.3 Å². The second-order valence-corrected chi connectivity index (χ2v) is 5.68. The van der Waals surface area contributed by atoms with Crippen LogP contribution in [0.25, 0.3) is 0 Å². The van der Waals surface area contributed by atoms with Gasteiger partial charge in [-0.2, -0.15) is 5.26 Å². The number of hydrogen-bond donors (Lipinski definition) is 2. The number of methoxy groups -OCH3 is 2. The Hall–Kier alpha value is -3.14. The van der Waals surface area contributed by atoms with Crippen LogP contribution in [0.2, 0.25) is 0 Å². The Morgan fingerprint density at radius 1 is 1.36 bits per heavy atom. The number of nitrogens with two attached hydrogens (primary N) is 1. The number of aromatic nitrogens is 2. The molecule has 1 aliphatic rings. The highest BCUT2D eigenvalue weighted by atomic mass is 16.5. The summed E-state index contributed by atoms with van der Waals surface area (Å²) in [6.07, 6.45) is 1.71. The molecule has 7 heteroatoms. The number of allylic oxidation sites excluding steroid dienone is 1. The SMILES string of the molecule is CCCc1[nH]nc2c1C(c1cccc(OC)c1OC)C(C#N)=C(N)O2. The first-order valence-corrected chi connectivity index (χ1v) is 8.01. The largest absolute Gasteiger partial charge is 0.493 e. The van der Waals surface area contributed by atoms with Crippen LogP contribution < -0.4 is 19.9 Å². The predicted octanol–water partition coefficient (Wildman–Crippen LogP) is 2.60. The molecule has 0 amide bonds. The summed E-state index contributed by atoms with van der Waals surface area (Å²) in [5.74, 6) is 1.17. The van der Waals surface area contributed by atoms with E-state index in [1.54, 1.807) is 14.2 Å². The lowest BCUT2D eigenvalue weighted by molar-refractivity contribution is 0.348. The number of aryl methyl sites for hydroxylation is 1. The summed E-state index contributed by atoms with van der Waals surface area (Å²) >= 11 is 0. The molecule has 1 atom stereocenters. The second-order valence-electron chi connectivity index (χ2n) is 5.68. The van der Waals surface area contributed by atoms with Crippen molar-refractivity contribution in [2.24, 2.45) is 5.73 Å². The second kappa shape index (κ2) is 6.77. The summed E-state index contributed by atoms with van der Waals surface area (Å²) < 4.78 is 16.5. The fourth-order valence-electron chi connectivity index (χ4n) is 3.20. The number of H-pyrrole nitrogens is 1. The summed E-state index contributed by atoms with van der Waals surface area (Å²) in [7, 11) is 3.15. The molecule has 1 aliphatic heterocycles. The third kappa shape index (κ3) is 2.66. The highest BCUT2D eigenvalue weighted by Crippen LogP contribution is 2.47. The summed E-state index contributed by atoms with van der Waals surface area (Å²) in [5.41, 5.74) is 8.84. The Bertz CT molecular complexity index is 864. The molecule has 1 aromatic heterocycles. The van der Waals surface area contributed by atoms with Gasteiger partial charge in [0.1, 0.15) is 11.6 Å². The van der Waals surface area contributed by atoms with Crippen LogP contribution in [-0.4, -0.2) is 24.4 Å². The van der Waals surface area contributed by atoms with Crippen molar-refractivity contribution in [2.45, 2.75) is 25.7 Å². The molecule has 0 bridgehead atoms. The number of para-hydroxylation sites is 1. The van der Waals surface area contributed by atoms with Crippen LogP contribution in [0.4, 0.5) is 0 Å². The number of nitrogens with one attached hydrogen (secondary N) is 1. The average molecular weight is 340 g/mol. The van der Waals surface area contributed by atoms with Crippen LogP contribution in [0.1, 0.15) is 36.1 Å². The molecular formula is C18H20N4O3. The summed E-state index contributed by atoms with van der Waals surface area (Å²) in [6, 6.07) is 7.75. The molecule has 3 N–H and O–H groups in total. The third-order valence-corrected chi connectivity index (χ3v) is 4.26. The van der Waals surface area contributed by atoms with Crippen molar-refractivity contribution in [1.82, 2.24) is 10.2 Å². The van der Waals surface area contributed by atoms with E-state index in [1.807, 2.05) is 18.2 Å². The summed E-state index contributed by atoms with van der Waals surface area (Å²) in [5, 5.41) is 16.9. The predicted molar refractivity (Wildman–Crippen MR) is 91.4 cm³/mol. The zero-order valence-electron chi connectivity index (χ0n) is 14.4. The van der Waals surface area contributed by atoms with Crippen molar-refractivity contribution in [3.8, 4) is 23.4 Å². The number of aromatic amines is 1. The van der Waals surface area contributed by atoms with E-state index in [-0.39, 0.29) is 5.88 Å². The van der Waals surface area contributed by atoms with Gasteiger partial charge in [0.05, 0.1) is 25.7 Å². The van der Waals surface area contributed by atoms with Gasteiger partial charge in [-0.25, -0.2) is 0 Å². The van der Waals surface area contributed by atoms with Gasteiger partial charge in [0.15, 0.2) is 11.5 Å². The van der Waals surface area contributed by atoms with Crippen molar-refractivity contribution in [2.75, 3.05) is 14.2 Å². The van der Waals surface area contributed by atoms with Crippen LogP contribution in [0.3, 0.4) is 0 Å². The maximum atomic E-state index is 9.70. The van der Waals surface area contributed by atoms with Gasteiger partial charge in [0, 0.05) is 11.3 Å². The fraction of sp³-hybridized carbons (Fsp3) is 0.333. The molecule has 2 aromatic rings. The molecule has 7 nitrogen and oxygen atoms in total. The van der Waals surface area contributed by atoms with Crippen LogP contribution in [-0.2, 0) is 6.42 Å². The molecule has 0 saturated heterocycles. The number of hydrogen-bond acceptors (Lipinski definition) is 6. The van der Waals surface area contributed by atoms with Gasteiger partial charge < -0.3 is 19.9 Å². The maximum absolute atomic E-state index is 9.70. The van der Waals surface area contributed by atoms with E-state index in [1.165, 1.54) is 0 Å². The van der Waals surface area contributed by atoms with Gasteiger partial charge in [-0.15, -0.1) is 5.10 Å². The number of ether oxygens (including phenoxy) is 3. The van der Waals surface area contributed by atoms with Crippen LogP contribution >= 0.6 is 0 Å². The van der Waals surface area contributed by atoms with Gasteiger partial charge in [0.2, 0.25) is 11.8 Å². The molecule has 1 aromatic carbocycles. The number of rotatable bonds is 5. The quantitative estimate of drug-likeness (QED) is 0.866. The van der Waals surface area contributed by atoms with E-state index in [0.29, 0.717) is 23.0 Å². The van der Waals surface area contributed by atoms with Gasteiger partial charge in [0.25, 0.3) is 0 Å². The Kier molecular flexibility index (Phi) is 4.52. The van der Waals surface area contributed by atoms with Crippen LogP contribution in [0.5, 0.6) is 17.4 Å². The third-order valence-electron chi connectivity index (χ3n) is 4.26. The number of fused-ring (bicyclic) bond motifs is 1. The monoisotopic (exact) mass is 340 g/mol. The summed E-state index contributed by atoms with van der Waals surface area (Å²) in [4.78, 5) is 0. The molecule has 0 spiro atoms. The Labute approximate surface area is 146 Å². The first-order chi connectivity index (χ1) is 12.2. The van der Waals surface area contributed by atoms with Gasteiger partial charge in [-0.05, 0) is 12.5 Å². The van der Waals surface area contributed by atoms with Gasteiger partial charge in [-0.1, -0.05) is 25.5 Å². The standard InChI is InChI=1S/C18H20N4O3/c1-4-6-12-15-14(10-7-5-8-13(23-2)16(10)24-3)11(9-19)17(20)25-18(15)22-21-12/h5,7-8,14H,4,6,20H2,1-3H3,(H,21,22). The lowest BCUT2D eigenvalue weighted by atomic mass is 9.83. The van der Waals surface area contributed by atoms with Crippen molar-refractivity contribution in [1.29, 1.82) is 5.26 Å². The van der Waals surface area contributed by atoms with E-state index in [9.17, 15) is 5.26 Å². The van der Waals surface area contributed by atoms with Crippen molar-refractivity contribution in [3.63, 3.8) is 0 Å². The molecular weight excluding hydrogens is 320 g/mol. The highest BCUT2D eigenvalue weighted by Gasteiger charge is 2.37. The van der Waals surface area contributed by atoms with Gasteiger partial charge in [-0.3, -0.25) is 5.10 Å². The topological polar surface area (TPSA) is 106 Å². The molecule has 2 heterocycles. The Morgan fingerprint density at radius 3 is 2.80 bits per heavy atom. The van der Waals surface area contributed by atoms with E-state index in [4.69, 9.17) is 19.9 Å². The molecule has 0 saturated carbocycles. The minimum absolute atomic E-state index is 0.0550. The first-order valence-electron chi connectivity index (χ1n) is 8.01. The zero-order valence-corrected chi connectivity index (χ0v) is 14.4. The Morgan fingerprint density at radius 2 is 2.16 bits per heavy atom. The average Bonchev–Trinajstić information content (AvgIpc) is 3.02. The van der Waals surface area contributed by atoms with E-state index >= 15 is 0 Å². The number of nitriles is 1. The van der Waals surface area contributed by atoms with Crippen molar-refractivity contribution < 1.29 is 14.2 Å². The van der Waals surface area contributed by atoms with Crippen LogP contribution in [0.15, 0.2) is 29.7 Å².